The molecule has 1 unspecified atom stereocenters. The molecule has 0 saturated heterocycles. The van der Waals surface area contributed by atoms with Crippen molar-refractivity contribution in [2.45, 2.75) is 31.2 Å². The van der Waals surface area contributed by atoms with Crippen molar-refractivity contribution in [1.82, 2.24) is 9.97 Å². The summed E-state index contributed by atoms with van der Waals surface area (Å²) in [6.45, 7) is 2.27. The average molecular weight is 415 g/mol. The van der Waals surface area contributed by atoms with Crippen LogP contribution in [-0.2, 0) is 17.6 Å². The maximum absolute atomic E-state index is 12.4. The second kappa shape index (κ2) is 7.84. The van der Waals surface area contributed by atoms with Crippen molar-refractivity contribution in [3.8, 4) is 0 Å². The zero-order chi connectivity index (χ0) is 19.7. The molecule has 2 heterocycles. The number of amides is 1. The van der Waals surface area contributed by atoms with Crippen molar-refractivity contribution in [3.05, 3.63) is 51.1 Å². The van der Waals surface area contributed by atoms with Crippen LogP contribution < -0.4 is 5.32 Å². The average Bonchev–Trinajstić information content (AvgIpc) is 3.04. The number of thioether (sulfide) groups is 1. The van der Waals surface area contributed by atoms with Gasteiger partial charge in [0.2, 0.25) is 5.91 Å². The molecule has 2 aromatic heterocycles. The smallest absolute Gasteiger partial charge is 0.292 e. The molecule has 0 fully saturated rings. The normalized spacial score (nSPS) is 16.0. The summed E-state index contributed by atoms with van der Waals surface area (Å²) < 4.78 is 0. The summed E-state index contributed by atoms with van der Waals surface area (Å²) in [6.07, 6.45) is 4.77. The largest absolute Gasteiger partial charge is 0.320 e. The molecular formula is C19H18N4O3S2. The molecule has 1 aliphatic carbocycles. The minimum Gasteiger partial charge on any atom is -0.320 e. The van der Waals surface area contributed by atoms with Gasteiger partial charge in [0.1, 0.15) is 21.9 Å². The fourth-order valence-corrected chi connectivity index (χ4v) is 5.66. The molecule has 0 bridgehead atoms. The van der Waals surface area contributed by atoms with E-state index in [4.69, 9.17) is 0 Å². The molecule has 28 heavy (non-hydrogen) atoms. The first-order valence-electron chi connectivity index (χ1n) is 8.94. The number of rotatable bonds is 5. The van der Waals surface area contributed by atoms with Crippen LogP contribution in [0.4, 0.5) is 11.4 Å². The number of nitro groups is 1. The van der Waals surface area contributed by atoms with Gasteiger partial charge in [-0.25, -0.2) is 9.97 Å². The van der Waals surface area contributed by atoms with Crippen molar-refractivity contribution in [1.29, 1.82) is 0 Å². The van der Waals surface area contributed by atoms with Crippen LogP contribution in [0.1, 0.15) is 23.8 Å². The van der Waals surface area contributed by atoms with E-state index in [1.165, 1.54) is 40.7 Å². The molecule has 9 heteroatoms. The quantitative estimate of drug-likeness (QED) is 0.287. The zero-order valence-electron chi connectivity index (χ0n) is 15.2. The number of nitro benzene ring substituents is 1. The van der Waals surface area contributed by atoms with Gasteiger partial charge in [-0.05, 0) is 36.8 Å². The minimum absolute atomic E-state index is 0.119. The molecule has 0 aliphatic heterocycles. The number of carbonyl (C=O) groups excluding carboxylic acids is 1. The first-order chi connectivity index (χ1) is 13.5. The fraction of sp³-hybridized carbons (Fsp3) is 0.316. The van der Waals surface area contributed by atoms with Crippen LogP contribution in [0.25, 0.3) is 10.2 Å². The Balaban J connectivity index is 1.52. The number of anilines is 1. The van der Waals surface area contributed by atoms with E-state index in [9.17, 15) is 14.9 Å². The Kier molecular flexibility index (Phi) is 5.27. The minimum atomic E-state index is -0.505. The molecule has 1 N–H and O–H groups in total. The Morgan fingerprint density at radius 2 is 2.21 bits per heavy atom. The summed E-state index contributed by atoms with van der Waals surface area (Å²) in [5.41, 5.74) is 1.40. The summed E-state index contributed by atoms with van der Waals surface area (Å²) in [4.78, 5) is 34.1. The van der Waals surface area contributed by atoms with Crippen molar-refractivity contribution in [3.63, 3.8) is 0 Å². The summed E-state index contributed by atoms with van der Waals surface area (Å²) >= 11 is 3.06. The van der Waals surface area contributed by atoms with Crippen LogP contribution in [0.5, 0.6) is 0 Å². The molecule has 4 rings (SSSR count). The molecule has 1 aliphatic rings. The summed E-state index contributed by atoms with van der Waals surface area (Å²) in [5, 5.41) is 15.6. The van der Waals surface area contributed by atoms with E-state index >= 15 is 0 Å². The second-order valence-corrected chi connectivity index (χ2v) is 8.87. The van der Waals surface area contributed by atoms with Gasteiger partial charge >= 0.3 is 0 Å². The predicted octanol–water partition coefficient (Wildman–Crippen LogP) is 4.46. The molecule has 1 aromatic carbocycles. The first kappa shape index (κ1) is 18.8. The predicted molar refractivity (Wildman–Crippen MR) is 111 cm³/mol. The Hall–Kier alpha value is -2.52. The van der Waals surface area contributed by atoms with E-state index in [1.54, 1.807) is 23.5 Å². The number of nitrogens with zero attached hydrogens (tertiary/aromatic N) is 3. The maximum atomic E-state index is 12.4. The highest BCUT2D eigenvalue weighted by Crippen LogP contribution is 2.40. The Morgan fingerprint density at radius 3 is 3.04 bits per heavy atom. The van der Waals surface area contributed by atoms with E-state index in [2.05, 4.69) is 22.2 Å². The van der Waals surface area contributed by atoms with Crippen LogP contribution in [0, 0.1) is 16.0 Å². The lowest BCUT2D eigenvalue weighted by atomic mass is 9.89. The lowest BCUT2D eigenvalue weighted by Gasteiger charge is -2.18. The van der Waals surface area contributed by atoms with Gasteiger partial charge in [-0.15, -0.1) is 11.3 Å². The van der Waals surface area contributed by atoms with Gasteiger partial charge in [-0.2, -0.15) is 0 Å². The van der Waals surface area contributed by atoms with Gasteiger partial charge in [-0.3, -0.25) is 14.9 Å². The van der Waals surface area contributed by atoms with Gasteiger partial charge < -0.3 is 5.32 Å². The number of fused-ring (bicyclic) bond motifs is 3. The lowest BCUT2D eigenvalue weighted by molar-refractivity contribution is -0.383. The van der Waals surface area contributed by atoms with Gasteiger partial charge in [0.15, 0.2) is 0 Å². The number of benzene rings is 1. The Labute approximate surface area is 169 Å². The lowest BCUT2D eigenvalue weighted by Crippen LogP contribution is -2.15. The van der Waals surface area contributed by atoms with E-state index in [-0.39, 0.29) is 23.0 Å². The van der Waals surface area contributed by atoms with E-state index in [0.29, 0.717) is 5.92 Å². The van der Waals surface area contributed by atoms with Gasteiger partial charge in [0.25, 0.3) is 5.69 Å². The molecular weight excluding hydrogens is 396 g/mol. The molecule has 7 nitrogen and oxygen atoms in total. The number of thiophene rings is 1. The number of hydrogen-bond donors (Lipinski definition) is 1. The number of aryl methyl sites for hydroxylation is 1. The number of aromatic nitrogens is 2. The second-order valence-electron chi connectivity index (χ2n) is 6.82. The third kappa shape index (κ3) is 3.72. The molecule has 144 valence electrons. The zero-order valence-corrected chi connectivity index (χ0v) is 16.8. The number of para-hydroxylation sites is 2. The molecule has 0 radical (unpaired) electrons. The van der Waals surface area contributed by atoms with Crippen LogP contribution in [0.15, 0.2) is 35.6 Å². The van der Waals surface area contributed by atoms with Crippen molar-refractivity contribution in [2.75, 3.05) is 11.1 Å². The Bertz CT molecular complexity index is 1070. The van der Waals surface area contributed by atoms with Crippen LogP contribution in [0.2, 0.25) is 0 Å². The fourth-order valence-electron chi connectivity index (χ4n) is 3.41. The van der Waals surface area contributed by atoms with Crippen molar-refractivity contribution < 1.29 is 9.72 Å². The Morgan fingerprint density at radius 1 is 1.39 bits per heavy atom. The molecule has 1 amide bonds. The summed E-state index contributed by atoms with van der Waals surface area (Å²) in [5.74, 6) is 0.500. The van der Waals surface area contributed by atoms with Gasteiger partial charge in [0, 0.05) is 16.3 Å². The standard InChI is InChI=1S/C19H18N4O3S2/c1-11-6-7-12-15(8-11)28-19-17(12)18(20-10-21-19)27-9-16(24)22-13-4-2-3-5-14(13)23(25)26/h2-5,10-11H,6-9H2,1H3,(H,22,24). The van der Waals surface area contributed by atoms with E-state index in [0.717, 1.165) is 34.5 Å². The highest BCUT2D eigenvalue weighted by Gasteiger charge is 2.23. The van der Waals surface area contributed by atoms with Gasteiger partial charge in [-0.1, -0.05) is 30.8 Å². The van der Waals surface area contributed by atoms with Crippen LogP contribution in [0.3, 0.4) is 0 Å². The first-order valence-corrected chi connectivity index (χ1v) is 10.7. The number of hydrogen-bond acceptors (Lipinski definition) is 7. The maximum Gasteiger partial charge on any atom is 0.292 e. The highest BCUT2D eigenvalue weighted by molar-refractivity contribution is 8.00. The third-order valence-electron chi connectivity index (χ3n) is 4.77. The summed E-state index contributed by atoms with van der Waals surface area (Å²) in [7, 11) is 0. The topological polar surface area (TPSA) is 98.0 Å². The van der Waals surface area contributed by atoms with Crippen LogP contribution >= 0.6 is 23.1 Å². The van der Waals surface area contributed by atoms with E-state index < -0.39 is 4.92 Å². The van der Waals surface area contributed by atoms with Crippen LogP contribution in [-0.4, -0.2) is 26.6 Å². The molecule has 0 spiro atoms. The van der Waals surface area contributed by atoms with E-state index in [1.807, 2.05) is 0 Å². The number of nitrogens with one attached hydrogen (secondary N) is 1. The van der Waals surface area contributed by atoms with Crippen molar-refractivity contribution in [2.24, 2.45) is 5.92 Å². The SMILES string of the molecule is CC1CCc2c(sc3ncnc(SCC(=O)Nc4ccccc4[N+](=O)[O-])c23)C1. The monoisotopic (exact) mass is 414 g/mol. The molecule has 3 aromatic rings. The molecule has 1 atom stereocenters. The van der Waals surface area contributed by atoms with Crippen molar-refractivity contribution >= 4 is 50.6 Å². The number of carbonyl (C=O) groups is 1. The third-order valence-corrected chi connectivity index (χ3v) is 6.92. The highest BCUT2D eigenvalue weighted by atomic mass is 32.2. The van der Waals surface area contributed by atoms with Gasteiger partial charge in [0.05, 0.1) is 10.7 Å². The molecule has 0 saturated carbocycles. The summed E-state index contributed by atoms with van der Waals surface area (Å²) in [6, 6.07) is 6.12.